The minimum Gasteiger partial charge on any atom is -0.374 e. The Hall–Kier alpha value is -0.300. The Morgan fingerprint density at radius 1 is 0.806 bits per heavy atom. The Kier molecular flexibility index (Phi) is 4.82. The molecule has 176 valence electrons. The zero-order valence-corrected chi connectivity index (χ0v) is 22.0. The number of ether oxygens (including phenoxy) is 1. The summed E-state index contributed by atoms with van der Waals surface area (Å²) in [5.41, 5.74) is 3.84. The second kappa shape index (κ2) is 6.64. The molecule has 0 bridgehead atoms. The maximum atomic E-state index is 7.15. The Labute approximate surface area is 193 Å². The molecule has 7 unspecified atom stereocenters. The first-order chi connectivity index (χ1) is 14.3. The van der Waals surface area contributed by atoms with Gasteiger partial charge >= 0.3 is 0 Å². The van der Waals surface area contributed by atoms with Gasteiger partial charge in [0.2, 0.25) is 0 Å². The third-order valence-electron chi connectivity index (χ3n) is 12.4. The van der Waals surface area contributed by atoms with E-state index >= 15 is 0 Å². The summed E-state index contributed by atoms with van der Waals surface area (Å²) in [5, 5.41) is 0. The lowest BCUT2D eigenvalue weighted by Gasteiger charge is -2.66. The molecule has 0 amide bonds. The molecule has 1 heteroatoms. The predicted molar refractivity (Wildman–Crippen MR) is 131 cm³/mol. The second-order valence-corrected chi connectivity index (χ2v) is 15.0. The molecule has 1 heterocycles. The van der Waals surface area contributed by atoms with E-state index in [1.165, 1.54) is 64.2 Å². The molecule has 0 aromatic heterocycles. The summed E-state index contributed by atoms with van der Waals surface area (Å²) < 4.78 is 7.15. The van der Waals surface area contributed by atoms with Gasteiger partial charge in [0.15, 0.2) is 0 Å². The van der Waals surface area contributed by atoms with Crippen molar-refractivity contribution in [3.05, 3.63) is 11.6 Å². The molecular weight excluding hydrogens is 376 g/mol. The molecule has 0 N–H and O–H groups in total. The third-order valence-corrected chi connectivity index (χ3v) is 12.4. The average Bonchev–Trinajstić information content (AvgIpc) is 2.78. The number of rotatable bonds is 0. The van der Waals surface area contributed by atoms with Crippen molar-refractivity contribution < 1.29 is 4.74 Å². The molecule has 1 saturated heterocycles. The summed E-state index contributed by atoms with van der Waals surface area (Å²) in [6.45, 7) is 21.6. The van der Waals surface area contributed by atoms with Crippen LogP contribution < -0.4 is 0 Å². The van der Waals surface area contributed by atoms with Crippen molar-refractivity contribution in [1.82, 2.24) is 0 Å². The minimum atomic E-state index is -0.0222. The van der Waals surface area contributed by atoms with Gasteiger partial charge in [0.1, 0.15) is 0 Å². The Bertz CT molecular complexity index is 775. The van der Waals surface area contributed by atoms with E-state index in [0.717, 1.165) is 18.4 Å². The van der Waals surface area contributed by atoms with Gasteiger partial charge < -0.3 is 4.74 Å². The fraction of sp³-hybridized carbons (Fsp3) is 0.933. The number of hydrogen-bond donors (Lipinski definition) is 0. The summed E-state index contributed by atoms with van der Waals surface area (Å²) in [4.78, 5) is 0. The monoisotopic (exact) mass is 426 g/mol. The van der Waals surface area contributed by atoms with E-state index in [9.17, 15) is 0 Å². The van der Waals surface area contributed by atoms with Gasteiger partial charge in [-0.1, -0.05) is 66.5 Å². The Morgan fingerprint density at radius 2 is 1.52 bits per heavy atom. The molecule has 7 atom stereocenters. The van der Waals surface area contributed by atoms with Gasteiger partial charge in [0.25, 0.3) is 0 Å². The van der Waals surface area contributed by atoms with Gasteiger partial charge in [0.05, 0.1) is 5.60 Å². The van der Waals surface area contributed by atoms with Gasteiger partial charge in [-0.3, -0.25) is 0 Å². The van der Waals surface area contributed by atoms with Crippen LogP contribution in [0, 0.1) is 44.8 Å². The highest BCUT2D eigenvalue weighted by atomic mass is 16.5. The van der Waals surface area contributed by atoms with E-state index < -0.39 is 0 Å². The van der Waals surface area contributed by atoms with Gasteiger partial charge in [-0.25, -0.2) is 0 Å². The van der Waals surface area contributed by atoms with E-state index in [4.69, 9.17) is 4.74 Å². The average molecular weight is 427 g/mol. The normalized spacial score (nSPS) is 53.2. The number of fused-ring (bicyclic) bond motifs is 7. The van der Waals surface area contributed by atoms with E-state index in [0.29, 0.717) is 27.6 Å². The quantitative estimate of drug-likeness (QED) is 0.352. The largest absolute Gasteiger partial charge is 0.374 e. The van der Waals surface area contributed by atoms with Crippen LogP contribution in [-0.4, -0.2) is 12.2 Å². The highest BCUT2D eigenvalue weighted by Gasteiger charge is 2.66. The van der Waals surface area contributed by atoms with Crippen molar-refractivity contribution in [1.29, 1.82) is 0 Å². The van der Waals surface area contributed by atoms with Crippen LogP contribution in [0.25, 0.3) is 0 Å². The van der Waals surface area contributed by atoms with E-state index in [-0.39, 0.29) is 11.0 Å². The summed E-state index contributed by atoms with van der Waals surface area (Å²) in [7, 11) is 0. The van der Waals surface area contributed by atoms with Gasteiger partial charge in [0, 0.05) is 12.0 Å². The highest BCUT2D eigenvalue weighted by Crippen LogP contribution is 2.71. The lowest BCUT2D eigenvalue weighted by Crippen LogP contribution is -2.63. The van der Waals surface area contributed by atoms with Crippen molar-refractivity contribution in [2.45, 2.75) is 125 Å². The van der Waals surface area contributed by atoms with Crippen molar-refractivity contribution in [3.63, 3.8) is 0 Å². The molecule has 1 aliphatic heterocycles. The first-order valence-corrected chi connectivity index (χ1v) is 13.6. The lowest BCUT2D eigenvalue weighted by molar-refractivity contribution is -0.215. The zero-order chi connectivity index (χ0) is 22.5. The molecule has 31 heavy (non-hydrogen) atoms. The maximum absolute atomic E-state index is 7.15. The Balaban J connectivity index is 1.60. The molecule has 1 nitrogen and oxygen atoms in total. The topological polar surface area (TPSA) is 9.23 Å². The molecule has 4 fully saturated rings. The van der Waals surface area contributed by atoms with Crippen LogP contribution in [0.15, 0.2) is 11.6 Å². The Morgan fingerprint density at radius 3 is 2.26 bits per heavy atom. The van der Waals surface area contributed by atoms with Gasteiger partial charge in [-0.05, 0) is 104 Å². The third kappa shape index (κ3) is 2.96. The molecule has 5 aliphatic rings. The van der Waals surface area contributed by atoms with Crippen LogP contribution in [0.5, 0.6) is 0 Å². The standard InChI is InChI=1S/C30H50O/c1-25(2)15-16-27(5)17-18-29(7)22-10-11-23-26(3,4)13-9-14-28(23,6)21(22)12-19-31-30(29,8)24(27)20-25/h10,21,23-24H,9,11-20H2,1-8H3. The summed E-state index contributed by atoms with van der Waals surface area (Å²) in [6, 6.07) is 0. The molecule has 5 rings (SSSR count). The molecule has 4 aliphatic carbocycles. The van der Waals surface area contributed by atoms with Crippen LogP contribution >= 0.6 is 0 Å². The fourth-order valence-electron chi connectivity index (χ4n) is 10.1. The van der Waals surface area contributed by atoms with E-state index in [2.05, 4.69) is 61.5 Å². The molecule has 0 spiro atoms. The second-order valence-electron chi connectivity index (χ2n) is 15.0. The van der Waals surface area contributed by atoms with Crippen molar-refractivity contribution >= 4 is 0 Å². The smallest absolute Gasteiger partial charge is 0.0778 e. The minimum absolute atomic E-state index is 0.0222. The summed E-state index contributed by atoms with van der Waals surface area (Å²) in [5.74, 6) is 2.23. The highest BCUT2D eigenvalue weighted by molar-refractivity contribution is 5.32. The van der Waals surface area contributed by atoms with Gasteiger partial charge in [-0.15, -0.1) is 0 Å². The zero-order valence-electron chi connectivity index (χ0n) is 22.0. The molecule has 0 aromatic carbocycles. The number of allylic oxidation sites excluding steroid dienone is 1. The molecular formula is C30H50O. The first kappa shape index (κ1) is 22.5. The summed E-state index contributed by atoms with van der Waals surface area (Å²) in [6.07, 6.45) is 16.4. The van der Waals surface area contributed by atoms with Crippen LogP contribution in [0.1, 0.15) is 120 Å². The molecule has 3 saturated carbocycles. The molecule has 0 aromatic rings. The van der Waals surface area contributed by atoms with E-state index in [1.807, 2.05) is 5.57 Å². The SMILES string of the molecule is CC1(C)CCC2(C)CCC3(C)C4=CCC5C(C)(C)CCCC5(C)C4CCOC3(C)C2C1. The van der Waals surface area contributed by atoms with Crippen molar-refractivity contribution in [2.75, 3.05) is 6.61 Å². The van der Waals surface area contributed by atoms with Crippen LogP contribution in [0.2, 0.25) is 0 Å². The maximum Gasteiger partial charge on any atom is 0.0778 e. The van der Waals surface area contributed by atoms with Crippen LogP contribution in [0.3, 0.4) is 0 Å². The van der Waals surface area contributed by atoms with Crippen molar-refractivity contribution in [3.8, 4) is 0 Å². The first-order valence-electron chi connectivity index (χ1n) is 13.6. The summed E-state index contributed by atoms with van der Waals surface area (Å²) >= 11 is 0. The fourth-order valence-corrected chi connectivity index (χ4v) is 10.1. The predicted octanol–water partition coefficient (Wildman–Crippen LogP) is 8.58. The number of hydrogen-bond acceptors (Lipinski definition) is 1. The van der Waals surface area contributed by atoms with Crippen LogP contribution in [0.4, 0.5) is 0 Å². The van der Waals surface area contributed by atoms with Crippen molar-refractivity contribution in [2.24, 2.45) is 44.8 Å². The van der Waals surface area contributed by atoms with Crippen LogP contribution in [-0.2, 0) is 4.74 Å². The van der Waals surface area contributed by atoms with Gasteiger partial charge in [-0.2, -0.15) is 0 Å². The molecule has 0 radical (unpaired) electrons. The van der Waals surface area contributed by atoms with E-state index in [1.54, 1.807) is 0 Å². The lowest BCUT2D eigenvalue weighted by atomic mass is 9.40.